The average molecular weight is 289 g/mol. The van der Waals surface area contributed by atoms with E-state index in [0.29, 0.717) is 0 Å². The van der Waals surface area contributed by atoms with Crippen LogP contribution in [0.4, 0.5) is 0 Å². The van der Waals surface area contributed by atoms with Gasteiger partial charge >= 0.3 is 0 Å². The smallest absolute Gasteiger partial charge is 0.0991 e. The van der Waals surface area contributed by atoms with E-state index in [9.17, 15) is 0 Å². The molecule has 1 aromatic carbocycles. The summed E-state index contributed by atoms with van der Waals surface area (Å²) >= 11 is 2.01. The van der Waals surface area contributed by atoms with Crippen LogP contribution in [0.1, 0.15) is 69.4 Å². The van der Waals surface area contributed by atoms with Crippen LogP contribution in [0.3, 0.4) is 0 Å². The number of unbranched alkanes of at least 4 members (excludes halogenated alkanes) is 7. The maximum Gasteiger partial charge on any atom is 0.0991 e. The molecule has 0 aromatic heterocycles. The molecule has 0 radical (unpaired) electrons. The summed E-state index contributed by atoms with van der Waals surface area (Å²) < 4.78 is 0. The fourth-order valence-corrected chi connectivity index (χ4v) is 3.18. The van der Waals surface area contributed by atoms with E-state index in [1.807, 2.05) is 23.9 Å². The Balaban J connectivity index is 1.93. The summed E-state index contributed by atoms with van der Waals surface area (Å²) in [5.41, 5.74) is 2.08. The molecule has 0 unspecified atom stereocenters. The van der Waals surface area contributed by atoms with Gasteiger partial charge in [0.15, 0.2) is 0 Å². The molecule has 0 saturated carbocycles. The third-order valence-electron chi connectivity index (χ3n) is 3.49. The number of benzene rings is 1. The Morgan fingerprint density at radius 1 is 0.900 bits per heavy atom. The van der Waals surface area contributed by atoms with Gasteiger partial charge in [-0.15, -0.1) is 0 Å². The minimum absolute atomic E-state index is 0.752. The first-order chi connectivity index (χ1) is 9.86. The van der Waals surface area contributed by atoms with Crippen LogP contribution in [-0.2, 0) is 5.75 Å². The van der Waals surface area contributed by atoms with E-state index in [1.165, 1.54) is 62.7 Å². The van der Waals surface area contributed by atoms with Gasteiger partial charge in [0.1, 0.15) is 0 Å². The lowest BCUT2D eigenvalue weighted by Gasteiger charge is -2.03. The van der Waals surface area contributed by atoms with Crippen molar-refractivity contribution in [2.24, 2.45) is 0 Å². The Bertz CT molecular complexity index is 377. The molecule has 0 spiro atoms. The van der Waals surface area contributed by atoms with Crippen LogP contribution in [0.5, 0.6) is 0 Å². The molecule has 0 aliphatic carbocycles. The summed E-state index contributed by atoms with van der Waals surface area (Å²) in [5, 5.41) is 8.74. The minimum Gasteiger partial charge on any atom is -0.192 e. The summed E-state index contributed by atoms with van der Waals surface area (Å²) in [6.07, 6.45) is 11.1. The maximum absolute atomic E-state index is 8.74. The lowest BCUT2D eigenvalue weighted by molar-refractivity contribution is 0.586. The first-order valence-electron chi connectivity index (χ1n) is 7.93. The largest absolute Gasteiger partial charge is 0.192 e. The van der Waals surface area contributed by atoms with E-state index in [2.05, 4.69) is 25.1 Å². The highest BCUT2D eigenvalue weighted by atomic mass is 32.2. The molecule has 0 saturated heterocycles. The van der Waals surface area contributed by atoms with Gasteiger partial charge in [-0.3, -0.25) is 0 Å². The monoisotopic (exact) mass is 289 g/mol. The minimum atomic E-state index is 0.752. The highest BCUT2D eigenvalue weighted by molar-refractivity contribution is 7.98. The van der Waals surface area contributed by atoms with Crippen molar-refractivity contribution < 1.29 is 0 Å². The highest BCUT2D eigenvalue weighted by Gasteiger charge is 1.96. The van der Waals surface area contributed by atoms with Crippen molar-refractivity contribution in [3.63, 3.8) is 0 Å². The zero-order chi connectivity index (χ0) is 14.5. The van der Waals surface area contributed by atoms with Crippen LogP contribution in [0.15, 0.2) is 24.3 Å². The second-order valence-electron chi connectivity index (χ2n) is 5.34. The number of rotatable bonds is 11. The van der Waals surface area contributed by atoms with Gasteiger partial charge < -0.3 is 0 Å². The lowest BCUT2D eigenvalue weighted by Crippen LogP contribution is -1.86. The first-order valence-corrected chi connectivity index (χ1v) is 9.09. The maximum atomic E-state index is 8.74. The van der Waals surface area contributed by atoms with Gasteiger partial charge in [0.25, 0.3) is 0 Å². The van der Waals surface area contributed by atoms with Gasteiger partial charge in [0.2, 0.25) is 0 Å². The molecule has 20 heavy (non-hydrogen) atoms. The van der Waals surface area contributed by atoms with Crippen LogP contribution in [0.25, 0.3) is 0 Å². The molecule has 1 aromatic rings. The van der Waals surface area contributed by atoms with Gasteiger partial charge in [-0.2, -0.15) is 17.0 Å². The topological polar surface area (TPSA) is 23.8 Å². The molecule has 0 heterocycles. The highest BCUT2D eigenvalue weighted by Crippen LogP contribution is 2.16. The number of thioether (sulfide) groups is 1. The number of hydrogen-bond donors (Lipinski definition) is 0. The fraction of sp³-hybridized carbons (Fsp3) is 0.611. The molecule has 110 valence electrons. The molecule has 0 bridgehead atoms. The third-order valence-corrected chi connectivity index (χ3v) is 4.61. The molecule has 0 aliphatic rings. The predicted octanol–water partition coefficient (Wildman–Crippen LogP) is 5.93. The lowest BCUT2D eigenvalue weighted by atomic mass is 10.1. The first kappa shape index (κ1) is 17.1. The molecule has 1 rings (SSSR count). The van der Waals surface area contributed by atoms with Crippen molar-refractivity contribution in [2.75, 3.05) is 5.75 Å². The summed E-state index contributed by atoms with van der Waals surface area (Å²) in [6.45, 7) is 2.27. The van der Waals surface area contributed by atoms with Gasteiger partial charge in [-0.05, 0) is 29.9 Å². The zero-order valence-corrected chi connectivity index (χ0v) is 13.6. The molecule has 0 aliphatic heterocycles. The number of nitrogens with zero attached hydrogens (tertiary/aromatic N) is 1. The normalized spacial score (nSPS) is 10.4. The van der Waals surface area contributed by atoms with E-state index < -0.39 is 0 Å². The van der Waals surface area contributed by atoms with E-state index >= 15 is 0 Å². The van der Waals surface area contributed by atoms with E-state index in [1.54, 1.807) is 0 Å². The number of hydrogen-bond acceptors (Lipinski definition) is 2. The molecule has 1 nitrogen and oxygen atoms in total. The molecule has 0 atom stereocenters. The van der Waals surface area contributed by atoms with Crippen LogP contribution >= 0.6 is 11.8 Å². The standard InChI is InChI=1S/C18H27NS/c1-2-3-4-5-6-7-8-9-14-20-16-18-12-10-17(15-19)11-13-18/h10-13H,2-9,14,16H2,1H3. The predicted molar refractivity (Wildman–Crippen MR) is 89.9 cm³/mol. The van der Waals surface area contributed by atoms with E-state index in [-0.39, 0.29) is 0 Å². The van der Waals surface area contributed by atoms with Crippen molar-refractivity contribution in [3.8, 4) is 6.07 Å². The Morgan fingerprint density at radius 3 is 2.10 bits per heavy atom. The van der Waals surface area contributed by atoms with Crippen LogP contribution < -0.4 is 0 Å². The summed E-state index contributed by atoms with van der Waals surface area (Å²) in [4.78, 5) is 0. The zero-order valence-electron chi connectivity index (χ0n) is 12.7. The molecular weight excluding hydrogens is 262 g/mol. The van der Waals surface area contributed by atoms with Crippen LogP contribution in [-0.4, -0.2) is 5.75 Å². The van der Waals surface area contributed by atoms with Gasteiger partial charge in [-0.1, -0.05) is 64.0 Å². The Labute approximate surface area is 128 Å². The van der Waals surface area contributed by atoms with Crippen molar-refractivity contribution in [2.45, 2.75) is 64.0 Å². The molecule has 2 heteroatoms. The van der Waals surface area contributed by atoms with Crippen molar-refractivity contribution >= 4 is 11.8 Å². The Kier molecular flexibility index (Phi) is 10.1. The van der Waals surface area contributed by atoms with Crippen molar-refractivity contribution in [1.29, 1.82) is 5.26 Å². The quantitative estimate of drug-likeness (QED) is 0.471. The second-order valence-corrected chi connectivity index (χ2v) is 6.44. The van der Waals surface area contributed by atoms with E-state index in [4.69, 9.17) is 5.26 Å². The molecule has 0 fully saturated rings. The van der Waals surface area contributed by atoms with E-state index in [0.717, 1.165) is 11.3 Å². The number of nitriles is 1. The van der Waals surface area contributed by atoms with Gasteiger partial charge in [0, 0.05) is 5.75 Å². The van der Waals surface area contributed by atoms with Gasteiger partial charge in [0.05, 0.1) is 11.6 Å². The van der Waals surface area contributed by atoms with Gasteiger partial charge in [-0.25, -0.2) is 0 Å². The van der Waals surface area contributed by atoms with Crippen molar-refractivity contribution in [1.82, 2.24) is 0 Å². The SMILES string of the molecule is CCCCCCCCCCSCc1ccc(C#N)cc1. The average Bonchev–Trinajstić information content (AvgIpc) is 2.50. The molecule has 0 N–H and O–H groups in total. The van der Waals surface area contributed by atoms with Crippen LogP contribution in [0, 0.1) is 11.3 Å². The summed E-state index contributed by atoms with van der Waals surface area (Å²) in [7, 11) is 0. The third kappa shape index (κ3) is 8.27. The Hall–Kier alpha value is -0.940. The summed E-state index contributed by atoms with van der Waals surface area (Å²) in [5.74, 6) is 2.33. The summed E-state index contributed by atoms with van der Waals surface area (Å²) in [6, 6.07) is 10.1. The van der Waals surface area contributed by atoms with Crippen LogP contribution in [0.2, 0.25) is 0 Å². The molecule has 0 amide bonds. The Morgan fingerprint density at radius 2 is 1.50 bits per heavy atom. The van der Waals surface area contributed by atoms with Crippen molar-refractivity contribution in [3.05, 3.63) is 35.4 Å². The second kappa shape index (κ2) is 11.9. The fourth-order valence-electron chi connectivity index (χ4n) is 2.20. The molecular formula is C18H27NS.